The predicted molar refractivity (Wildman–Crippen MR) is 119 cm³/mol. The normalized spacial score (nSPS) is 12.2. The second kappa shape index (κ2) is 8.21. The molecule has 0 aliphatic carbocycles. The molecule has 0 saturated heterocycles. The van der Waals surface area contributed by atoms with Crippen LogP contribution in [-0.4, -0.2) is 32.2 Å². The van der Waals surface area contributed by atoms with Crippen molar-refractivity contribution < 1.29 is 15.0 Å². The van der Waals surface area contributed by atoms with E-state index in [1.807, 2.05) is 10.6 Å². The monoisotopic (exact) mass is 440 g/mol. The number of benzene rings is 3. The molecule has 0 saturated carbocycles. The molecule has 0 aliphatic rings. The summed E-state index contributed by atoms with van der Waals surface area (Å²) >= 11 is 5.97. The second-order valence-corrected chi connectivity index (χ2v) is 7.51. The van der Waals surface area contributed by atoms with Gasteiger partial charge in [-0.1, -0.05) is 17.7 Å². The van der Waals surface area contributed by atoms with Crippen molar-refractivity contribution in [2.45, 2.75) is 12.6 Å². The van der Waals surface area contributed by atoms with Crippen LogP contribution in [0.3, 0.4) is 0 Å². The van der Waals surface area contributed by atoms with Gasteiger partial charge >= 0.3 is 0 Å². The van der Waals surface area contributed by atoms with Gasteiger partial charge in [0.05, 0.1) is 22.5 Å². The van der Waals surface area contributed by atoms with Crippen LogP contribution in [0, 0.1) is 20.2 Å². The van der Waals surface area contributed by atoms with Gasteiger partial charge in [0.1, 0.15) is 0 Å². The zero-order valence-corrected chi connectivity index (χ0v) is 16.8. The summed E-state index contributed by atoms with van der Waals surface area (Å²) in [7, 11) is 0. The lowest BCUT2D eigenvalue weighted by Crippen LogP contribution is -2.24. The molecule has 1 heterocycles. The maximum atomic E-state index is 11.2. The van der Waals surface area contributed by atoms with Gasteiger partial charge in [-0.25, -0.2) is 0 Å². The van der Waals surface area contributed by atoms with Crippen LogP contribution in [0.1, 0.15) is 0 Å². The van der Waals surface area contributed by atoms with Crippen LogP contribution in [-0.2, 0) is 6.54 Å². The van der Waals surface area contributed by atoms with Crippen LogP contribution >= 0.6 is 11.6 Å². The van der Waals surface area contributed by atoms with E-state index in [0.29, 0.717) is 26.8 Å². The van der Waals surface area contributed by atoms with Gasteiger partial charge in [-0.05, 0) is 30.3 Å². The molecule has 4 aromatic rings. The summed E-state index contributed by atoms with van der Waals surface area (Å²) in [4.78, 5) is 21.4. The SMILES string of the molecule is O=[N+]([O-])c1ccc2c(c1)c1cc([N+](=O)[O-])ccc1n2CC(O)CNc1cccc(Cl)c1. The van der Waals surface area contributed by atoms with E-state index in [1.165, 1.54) is 24.3 Å². The van der Waals surface area contributed by atoms with Crippen molar-refractivity contribution in [3.63, 3.8) is 0 Å². The zero-order chi connectivity index (χ0) is 22.1. The number of halogens is 1. The van der Waals surface area contributed by atoms with Gasteiger partial charge in [-0.2, -0.15) is 0 Å². The number of anilines is 1. The minimum Gasteiger partial charge on any atom is -0.389 e. The molecular formula is C21H17ClN4O5. The van der Waals surface area contributed by atoms with E-state index in [4.69, 9.17) is 11.6 Å². The minimum absolute atomic E-state index is 0.110. The first kappa shape index (κ1) is 20.6. The average molecular weight is 441 g/mol. The first-order valence-corrected chi connectivity index (χ1v) is 9.73. The van der Waals surface area contributed by atoms with Crippen molar-refractivity contribution in [3.8, 4) is 0 Å². The molecule has 1 aromatic heterocycles. The topological polar surface area (TPSA) is 123 Å². The molecule has 1 unspecified atom stereocenters. The maximum Gasteiger partial charge on any atom is 0.270 e. The van der Waals surface area contributed by atoms with Crippen molar-refractivity contribution in [3.05, 3.63) is 85.9 Å². The first-order chi connectivity index (χ1) is 14.8. The van der Waals surface area contributed by atoms with Crippen molar-refractivity contribution in [1.29, 1.82) is 0 Å². The van der Waals surface area contributed by atoms with Gasteiger partial charge in [0, 0.05) is 63.3 Å². The largest absolute Gasteiger partial charge is 0.389 e. The third-order valence-corrected chi connectivity index (χ3v) is 5.25. The van der Waals surface area contributed by atoms with Crippen molar-refractivity contribution in [2.75, 3.05) is 11.9 Å². The smallest absolute Gasteiger partial charge is 0.270 e. The molecule has 158 valence electrons. The highest BCUT2D eigenvalue weighted by molar-refractivity contribution is 6.30. The molecule has 3 aromatic carbocycles. The molecule has 0 fully saturated rings. The number of aliphatic hydroxyl groups is 1. The van der Waals surface area contributed by atoms with Crippen LogP contribution in [0.25, 0.3) is 21.8 Å². The van der Waals surface area contributed by atoms with E-state index in [2.05, 4.69) is 5.32 Å². The number of aromatic nitrogens is 1. The second-order valence-electron chi connectivity index (χ2n) is 7.07. The standard InChI is InChI=1S/C21H17ClN4O5/c22-13-2-1-3-14(8-13)23-11-17(27)12-24-20-6-4-15(25(28)29)9-18(20)19-10-16(26(30)31)5-7-21(19)24/h1-10,17,23,27H,11-12H2. The summed E-state index contributed by atoms with van der Waals surface area (Å²) in [5, 5.41) is 37.8. The first-order valence-electron chi connectivity index (χ1n) is 9.36. The quantitative estimate of drug-likeness (QED) is 0.316. The lowest BCUT2D eigenvalue weighted by molar-refractivity contribution is -0.385. The van der Waals surface area contributed by atoms with Crippen LogP contribution in [0.4, 0.5) is 17.1 Å². The highest BCUT2D eigenvalue weighted by atomic mass is 35.5. The summed E-state index contributed by atoms with van der Waals surface area (Å²) in [6.45, 7) is 0.421. The molecule has 0 bridgehead atoms. The minimum atomic E-state index is -0.803. The Hall–Kier alpha value is -3.69. The van der Waals surface area contributed by atoms with E-state index in [9.17, 15) is 25.3 Å². The van der Waals surface area contributed by atoms with Crippen molar-refractivity contribution >= 4 is 50.5 Å². The Morgan fingerprint density at radius 3 is 2.03 bits per heavy atom. The number of non-ortho nitro benzene ring substituents is 2. The number of rotatable bonds is 7. The molecule has 0 aliphatic heterocycles. The molecule has 4 rings (SSSR count). The van der Waals surface area contributed by atoms with Crippen molar-refractivity contribution in [2.24, 2.45) is 0 Å². The number of fused-ring (bicyclic) bond motifs is 3. The molecule has 0 amide bonds. The van der Waals surface area contributed by atoms with Gasteiger partial charge in [0.25, 0.3) is 11.4 Å². The summed E-state index contributed by atoms with van der Waals surface area (Å²) in [6.07, 6.45) is -0.803. The number of nitro benzene ring substituents is 2. The maximum absolute atomic E-state index is 11.2. The summed E-state index contributed by atoms with van der Waals surface area (Å²) in [5.74, 6) is 0. The Balaban J connectivity index is 1.71. The highest BCUT2D eigenvalue weighted by Crippen LogP contribution is 2.34. The van der Waals surface area contributed by atoms with Crippen LogP contribution < -0.4 is 5.32 Å². The fraction of sp³-hybridized carbons (Fsp3) is 0.143. The molecule has 10 heteroatoms. The third kappa shape index (κ3) is 4.14. The van der Waals surface area contributed by atoms with Crippen LogP contribution in [0.5, 0.6) is 0 Å². The number of hydrogen-bond donors (Lipinski definition) is 2. The molecular weight excluding hydrogens is 424 g/mol. The fourth-order valence-electron chi connectivity index (χ4n) is 3.61. The number of hydrogen-bond acceptors (Lipinski definition) is 6. The van der Waals surface area contributed by atoms with E-state index in [1.54, 1.807) is 30.3 Å². The van der Waals surface area contributed by atoms with Crippen molar-refractivity contribution in [1.82, 2.24) is 4.57 Å². The Labute approximate surface area is 180 Å². The van der Waals surface area contributed by atoms with Gasteiger partial charge in [0.15, 0.2) is 0 Å². The van der Waals surface area contributed by atoms with Gasteiger partial charge in [-0.15, -0.1) is 0 Å². The molecule has 0 radical (unpaired) electrons. The Morgan fingerprint density at radius 1 is 0.935 bits per heavy atom. The highest BCUT2D eigenvalue weighted by Gasteiger charge is 2.19. The summed E-state index contributed by atoms with van der Waals surface area (Å²) in [5.41, 5.74) is 1.83. The summed E-state index contributed by atoms with van der Waals surface area (Å²) < 4.78 is 1.81. The molecule has 31 heavy (non-hydrogen) atoms. The number of nitro groups is 2. The Kier molecular flexibility index (Phi) is 5.45. The predicted octanol–water partition coefficient (Wildman–Crippen LogP) is 4.74. The zero-order valence-electron chi connectivity index (χ0n) is 16.1. The Bertz CT molecular complexity index is 1250. The lowest BCUT2D eigenvalue weighted by atomic mass is 10.1. The molecule has 0 spiro atoms. The Morgan fingerprint density at radius 2 is 1.52 bits per heavy atom. The molecule has 2 N–H and O–H groups in total. The molecule has 1 atom stereocenters. The van der Waals surface area contributed by atoms with E-state index >= 15 is 0 Å². The number of nitrogens with one attached hydrogen (secondary N) is 1. The van der Waals surface area contributed by atoms with E-state index in [-0.39, 0.29) is 24.5 Å². The lowest BCUT2D eigenvalue weighted by Gasteiger charge is -2.15. The summed E-state index contributed by atoms with van der Waals surface area (Å²) in [6, 6.07) is 15.9. The molecule has 9 nitrogen and oxygen atoms in total. The van der Waals surface area contributed by atoms with Gasteiger partial charge in [0.2, 0.25) is 0 Å². The van der Waals surface area contributed by atoms with E-state index in [0.717, 1.165) is 5.69 Å². The third-order valence-electron chi connectivity index (χ3n) is 5.01. The van der Waals surface area contributed by atoms with Gasteiger partial charge in [-0.3, -0.25) is 20.2 Å². The van der Waals surface area contributed by atoms with Crippen LogP contribution in [0.2, 0.25) is 5.02 Å². The number of nitrogens with zero attached hydrogens (tertiary/aromatic N) is 3. The van der Waals surface area contributed by atoms with Gasteiger partial charge < -0.3 is 15.0 Å². The van der Waals surface area contributed by atoms with Crippen LogP contribution in [0.15, 0.2) is 60.7 Å². The number of aliphatic hydroxyl groups excluding tert-OH is 1. The average Bonchev–Trinajstić information content (AvgIpc) is 3.04. The van der Waals surface area contributed by atoms with E-state index < -0.39 is 16.0 Å². The fourth-order valence-corrected chi connectivity index (χ4v) is 3.80.